The van der Waals surface area contributed by atoms with Crippen molar-refractivity contribution in [2.75, 3.05) is 13.2 Å². The molecule has 0 aromatic rings. The Morgan fingerprint density at radius 1 is 0.362 bits per heavy atom. The summed E-state index contributed by atoms with van der Waals surface area (Å²) in [5.74, 6) is -1.01. The molecule has 58 heavy (non-hydrogen) atoms. The minimum absolute atomic E-state index is 0.107. The first-order valence-electron chi connectivity index (χ1n) is 23.9. The average Bonchev–Trinajstić information content (AvgIpc) is 3.22. The van der Waals surface area contributed by atoms with Crippen molar-refractivity contribution in [2.24, 2.45) is 0 Å². The van der Waals surface area contributed by atoms with Crippen molar-refractivity contribution >= 4 is 17.9 Å². The summed E-state index contributed by atoms with van der Waals surface area (Å²) in [5, 5.41) is 0. The van der Waals surface area contributed by atoms with Crippen molar-refractivity contribution in [1.82, 2.24) is 0 Å². The van der Waals surface area contributed by atoms with E-state index in [1.54, 1.807) is 0 Å². The van der Waals surface area contributed by atoms with Gasteiger partial charge in [-0.1, -0.05) is 203 Å². The van der Waals surface area contributed by atoms with Crippen LogP contribution in [0, 0.1) is 0 Å². The lowest BCUT2D eigenvalue weighted by Gasteiger charge is -2.18. The Balaban J connectivity index is 4.49. The van der Waals surface area contributed by atoms with Crippen LogP contribution in [-0.4, -0.2) is 37.2 Å². The first-order chi connectivity index (χ1) is 28.5. The average molecular weight is 809 g/mol. The third kappa shape index (κ3) is 44.0. The van der Waals surface area contributed by atoms with Gasteiger partial charge in [-0.2, -0.15) is 0 Å². The largest absolute Gasteiger partial charge is 0.462 e. The highest BCUT2D eigenvalue weighted by Gasteiger charge is 2.19. The van der Waals surface area contributed by atoms with Gasteiger partial charge in [-0.05, 0) is 70.6 Å². The summed E-state index contributed by atoms with van der Waals surface area (Å²) < 4.78 is 16.7. The Kier molecular flexibility index (Phi) is 44.0. The van der Waals surface area contributed by atoms with E-state index in [9.17, 15) is 14.4 Å². The summed E-state index contributed by atoms with van der Waals surface area (Å²) in [6.07, 6.45) is 57.5. The fourth-order valence-corrected chi connectivity index (χ4v) is 6.35. The topological polar surface area (TPSA) is 78.9 Å². The molecule has 0 fully saturated rings. The van der Waals surface area contributed by atoms with Crippen molar-refractivity contribution in [3.05, 3.63) is 72.9 Å². The zero-order valence-electron chi connectivity index (χ0n) is 37.8. The lowest BCUT2D eigenvalue weighted by molar-refractivity contribution is -0.166. The van der Waals surface area contributed by atoms with E-state index in [0.29, 0.717) is 19.3 Å². The molecular weight excluding hydrogens is 721 g/mol. The third-order valence-electron chi connectivity index (χ3n) is 9.96. The molecular formula is C52H88O6. The number of carbonyl (C=O) groups is 3. The smallest absolute Gasteiger partial charge is 0.306 e. The second kappa shape index (κ2) is 46.5. The molecule has 0 aromatic carbocycles. The van der Waals surface area contributed by atoms with E-state index in [0.717, 1.165) is 89.9 Å². The number of hydrogen-bond acceptors (Lipinski definition) is 6. The fraction of sp³-hybridized carbons (Fsp3) is 0.712. The molecule has 6 heteroatoms. The molecule has 0 rings (SSSR count). The Hall–Kier alpha value is -3.15. The van der Waals surface area contributed by atoms with Crippen LogP contribution < -0.4 is 0 Å². The maximum absolute atomic E-state index is 12.7. The Bertz CT molecular complexity index is 1110. The van der Waals surface area contributed by atoms with Gasteiger partial charge in [0.1, 0.15) is 13.2 Å². The summed E-state index contributed by atoms with van der Waals surface area (Å²) in [5.41, 5.74) is 0. The highest BCUT2D eigenvalue weighted by molar-refractivity contribution is 5.71. The van der Waals surface area contributed by atoms with Gasteiger partial charge in [0.05, 0.1) is 0 Å². The highest BCUT2D eigenvalue weighted by atomic mass is 16.6. The summed E-state index contributed by atoms with van der Waals surface area (Å²) in [6.45, 7) is 6.40. The molecule has 6 nitrogen and oxygen atoms in total. The summed E-state index contributed by atoms with van der Waals surface area (Å²) in [7, 11) is 0. The number of ether oxygens (including phenoxy) is 3. The van der Waals surface area contributed by atoms with Crippen molar-refractivity contribution in [3.63, 3.8) is 0 Å². The molecule has 0 aromatic heterocycles. The molecule has 332 valence electrons. The van der Waals surface area contributed by atoms with Crippen LogP contribution in [-0.2, 0) is 28.6 Å². The number of rotatable bonds is 42. The van der Waals surface area contributed by atoms with Gasteiger partial charge in [-0.15, -0.1) is 0 Å². The van der Waals surface area contributed by atoms with E-state index in [1.807, 2.05) is 12.2 Å². The van der Waals surface area contributed by atoms with Gasteiger partial charge in [0.15, 0.2) is 6.10 Å². The molecule has 0 spiro atoms. The molecule has 1 atom stereocenters. The van der Waals surface area contributed by atoms with Gasteiger partial charge in [0.2, 0.25) is 0 Å². The molecule has 0 amide bonds. The number of unbranched alkanes of at least 4 members (excludes halogenated alkanes) is 19. The minimum atomic E-state index is -0.815. The third-order valence-corrected chi connectivity index (χ3v) is 9.96. The summed E-state index contributed by atoms with van der Waals surface area (Å²) in [4.78, 5) is 37.8. The lowest BCUT2D eigenvalue weighted by atomic mass is 10.0. The van der Waals surface area contributed by atoms with Crippen molar-refractivity contribution in [2.45, 2.75) is 226 Å². The van der Waals surface area contributed by atoms with Crippen molar-refractivity contribution in [3.8, 4) is 0 Å². The molecule has 0 aliphatic carbocycles. The lowest BCUT2D eigenvalue weighted by Crippen LogP contribution is -2.30. The summed E-state index contributed by atoms with van der Waals surface area (Å²) >= 11 is 0. The molecule has 1 unspecified atom stereocenters. The maximum Gasteiger partial charge on any atom is 0.306 e. The van der Waals surface area contributed by atoms with Crippen molar-refractivity contribution < 1.29 is 28.6 Å². The van der Waals surface area contributed by atoms with Crippen LogP contribution in [0.2, 0.25) is 0 Å². The van der Waals surface area contributed by atoms with Crippen LogP contribution in [0.5, 0.6) is 0 Å². The standard InChI is InChI=1S/C52H88O6/c1-4-7-10-13-16-19-22-25-28-30-33-36-39-42-45-51(54)57-48-49(58-52(55)46-43-40-37-34-31-27-24-21-18-15-12-9-6-3)47-56-50(53)44-41-38-35-32-29-26-23-20-17-14-11-8-5-2/h9,12-13,16,18,21-22,25,27,31,37,40,49H,4-8,10-11,14-15,17,19-20,23-24,26,28-30,32-36,38-39,41-48H2,1-3H3/b12-9-,16-13-,21-18-,25-22-,31-27-,40-37-. The monoisotopic (exact) mass is 809 g/mol. The normalized spacial score (nSPS) is 12.7. The second-order valence-corrected chi connectivity index (χ2v) is 15.6. The number of hydrogen-bond donors (Lipinski definition) is 0. The molecule has 0 N–H and O–H groups in total. The molecule has 0 aliphatic rings. The predicted octanol–water partition coefficient (Wildman–Crippen LogP) is 15.5. The van der Waals surface area contributed by atoms with Crippen LogP contribution in [0.4, 0.5) is 0 Å². The van der Waals surface area contributed by atoms with E-state index in [1.165, 1.54) is 83.5 Å². The Labute approximate surface area is 357 Å². The number of carbonyl (C=O) groups excluding carboxylic acids is 3. The minimum Gasteiger partial charge on any atom is -0.462 e. The Morgan fingerprint density at radius 2 is 0.724 bits per heavy atom. The molecule has 0 bridgehead atoms. The zero-order valence-corrected chi connectivity index (χ0v) is 37.8. The van der Waals surface area contributed by atoms with E-state index in [2.05, 4.69) is 81.5 Å². The van der Waals surface area contributed by atoms with Crippen LogP contribution in [0.25, 0.3) is 0 Å². The van der Waals surface area contributed by atoms with E-state index in [4.69, 9.17) is 14.2 Å². The van der Waals surface area contributed by atoms with E-state index >= 15 is 0 Å². The van der Waals surface area contributed by atoms with Crippen LogP contribution in [0.15, 0.2) is 72.9 Å². The van der Waals surface area contributed by atoms with Gasteiger partial charge in [-0.25, -0.2) is 0 Å². The fourth-order valence-electron chi connectivity index (χ4n) is 6.35. The first-order valence-corrected chi connectivity index (χ1v) is 23.9. The second-order valence-electron chi connectivity index (χ2n) is 15.6. The molecule has 0 saturated carbocycles. The van der Waals surface area contributed by atoms with Gasteiger partial charge < -0.3 is 14.2 Å². The molecule has 0 aliphatic heterocycles. The molecule has 0 radical (unpaired) electrons. The van der Waals surface area contributed by atoms with Gasteiger partial charge in [-0.3, -0.25) is 14.4 Å². The van der Waals surface area contributed by atoms with Gasteiger partial charge >= 0.3 is 17.9 Å². The van der Waals surface area contributed by atoms with Crippen LogP contribution in [0.3, 0.4) is 0 Å². The number of esters is 3. The molecule has 0 saturated heterocycles. The van der Waals surface area contributed by atoms with E-state index < -0.39 is 12.1 Å². The van der Waals surface area contributed by atoms with Crippen molar-refractivity contribution in [1.29, 1.82) is 0 Å². The SMILES string of the molecule is CC/C=C\C/C=C\C/C=C\C/C=C\CCC(=O)OC(COC(=O)CCCCCCC/C=C\C/C=C\CCCC)COC(=O)CCCCCCCCCCCCCCC. The predicted molar refractivity (Wildman–Crippen MR) is 247 cm³/mol. The van der Waals surface area contributed by atoms with E-state index in [-0.39, 0.29) is 31.6 Å². The number of allylic oxidation sites excluding steroid dienone is 12. The zero-order chi connectivity index (χ0) is 42.3. The van der Waals surface area contributed by atoms with Crippen LogP contribution >= 0.6 is 0 Å². The first kappa shape index (κ1) is 54.9. The van der Waals surface area contributed by atoms with Gasteiger partial charge in [0, 0.05) is 19.3 Å². The Morgan fingerprint density at radius 3 is 1.17 bits per heavy atom. The maximum atomic E-state index is 12.7. The summed E-state index contributed by atoms with van der Waals surface area (Å²) in [6, 6.07) is 0. The van der Waals surface area contributed by atoms with Crippen LogP contribution in [0.1, 0.15) is 220 Å². The highest BCUT2D eigenvalue weighted by Crippen LogP contribution is 2.14. The van der Waals surface area contributed by atoms with Gasteiger partial charge in [0.25, 0.3) is 0 Å². The quantitative estimate of drug-likeness (QED) is 0.0264. The molecule has 0 heterocycles.